The van der Waals surface area contributed by atoms with E-state index in [-0.39, 0.29) is 12.7 Å². The fraction of sp³-hybridized carbons (Fsp3) is 0.500. The van der Waals surface area contributed by atoms with Crippen LogP contribution in [0.15, 0.2) is 42.5 Å². The van der Waals surface area contributed by atoms with Crippen LogP contribution in [0, 0.1) is 0 Å². The van der Waals surface area contributed by atoms with E-state index < -0.39 is 18.3 Å². The molecule has 2 aromatic rings. The van der Waals surface area contributed by atoms with Crippen molar-refractivity contribution < 1.29 is 20.1 Å². The normalized spacial score (nSPS) is 26.6. The Hall–Kier alpha value is -1.43. The van der Waals surface area contributed by atoms with Crippen molar-refractivity contribution in [3.63, 3.8) is 0 Å². The van der Waals surface area contributed by atoms with Crippen LogP contribution < -0.4 is 0 Å². The quantitative estimate of drug-likeness (QED) is 0.674. The molecule has 1 saturated carbocycles. The Balaban J connectivity index is 0.00000117. The summed E-state index contributed by atoms with van der Waals surface area (Å²) in [7, 11) is 0. The third kappa shape index (κ3) is 5.39. The zero-order chi connectivity index (χ0) is 21.0. The summed E-state index contributed by atoms with van der Waals surface area (Å²) >= 11 is 6.00. The SMILES string of the molecule is CC.OC[C@H]1O[C@@H](c2ccc(C3CC3)c(Cc3ccc(Cl)cc3)c2)C[C@@H](O)[C@@H]1O. The molecule has 1 aliphatic heterocycles. The second-order valence-corrected chi connectivity index (χ2v) is 8.11. The Kier molecular flexibility index (Phi) is 7.72. The maximum absolute atomic E-state index is 10.1. The van der Waals surface area contributed by atoms with Gasteiger partial charge in [-0.2, -0.15) is 0 Å². The fourth-order valence-corrected chi connectivity index (χ4v) is 4.04. The van der Waals surface area contributed by atoms with E-state index >= 15 is 0 Å². The predicted octanol–water partition coefficient (Wildman–Crippen LogP) is 4.38. The van der Waals surface area contributed by atoms with Gasteiger partial charge in [0.25, 0.3) is 0 Å². The largest absolute Gasteiger partial charge is 0.394 e. The van der Waals surface area contributed by atoms with Crippen LogP contribution in [0.5, 0.6) is 0 Å². The number of hydrogen-bond donors (Lipinski definition) is 3. The smallest absolute Gasteiger partial charge is 0.110 e. The van der Waals surface area contributed by atoms with Crippen molar-refractivity contribution in [2.75, 3.05) is 6.61 Å². The molecule has 158 valence electrons. The molecule has 29 heavy (non-hydrogen) atoms. The van der Waals surface area contributed by atoms with Crippen molar-refractivity contribution in [1.29, 1.82) is 0 Å². The van der Waals surface area contributed by atoms with Crippen LogP contribution in [0.1, 0.15) is 67.4 Å². The highest BCUT2D eigenvalue weighted by atomic mass is 35.5. The number of aliphatic hydroxyl groups excluding tert-OH is 3. The number of ether oxygens (including phenoxy) is 1. The Labute approximate surface area is 178 Å². The molecule has 0 unspecified atom stereocenters. The van der Waals surface area contributed by atoms with Crippen molar-refractivity contribution in [3.05, 3.63) is 69.7 Å². The van der Waals surface area contributed by atoms with Gasteiger partial charge < -0.3 is 20.1 Å². The first-order chi connectivity index (χ1) is 14.0. The molecule has 5 heteroatoms. The van der Waals surface area contributed by atoms with E-state index in [1.54, 1.807) is 0 Å². The maximum atomic E-state index is 10.1. The van der Waals surface area contributed by atoms with Gasteiger partial charge in [0.1, 0.15) is 12.2 Å². The summed E-state index contributed by atoms with van der Waals surface area (Å²) in [6.07, 6.45) is 0.543. The predicted molar refractivity (Wildman–Crippen MR) is 115 cm³/mol. The van der Waals surface area contributed by atoms with E-state index in [2.05, 4.69) is 18.2 Å². The summed E-state index contributed by atoms with van der Waals surface area (Å²) in [5.74, 6) is 0.631. The van der Waals surface area contributed by atoms with Crippen LogP contribution >= 0.6 is 11.6 Å². The van der Waals surface area contributed by atoms with E-state index in [1.807, 2.05) is 38.1 Å². The molecular weight excluding hydrogens is 388 g/mol. The van der Waals surface area contributed by atoms with Crippen LogP contribution in [-0.2, 0) is 11.2 Å². The van der Waals surface area contributed by atoms with Gasteiger partial charge in [-0.15, -0.1) is 0 Å². The molecule has 2 aromatic carbocycles. The molecule has 0 aromatic heterocycles. The Morgan fingerprint density at radius 3 is 2.34 bits per heavy atom. The monoisotopic (exact) mass is 418 g/mol. The van der Waals surface area contributed by atoms with Gasteiger partial charge in [0, 0.05) is 11.4 Å². The summed E-state index contributed by atoms with van der Waals surface area (Å²) in [6, 6.07) is 14.3. The Morgan fingerprint density at radius 2 is 1.72 bits per heavy atom. The first kappa shape index (κ1) is 22.3. The van der Waals surface area contributed by atoms with Gasteiger partial charge in [-0.25, -0.2) is 0 Å². The highest BCUT2D eigenvalue weighted by molar-refractivity contribution is 6.30. The number of halogens is 1. The van der Waals surface area contributed by atoms with Gasteiger partial charge in [-0.1, -0.05) is 55.8 Å². The standard InChI is InChI=1S/C22H25ClO4.C2H6/c23-17-6-1-13(2-7-17)9-16-10-15(5-8-18(16)14-3-4-14)20-11-19(25)22(26)21(12-24)27-20;1-2/h1-2,5-8,10,14,19-22,24-26H,3-4,9,11-12H2;1-2H3/t19-,20-,21-,22+;/m1./s1. The molecule has 2 aliphatic rings. The Morgan fingerprint density at radius 1 is 1.03 bits per heavy atom. The summed E-state index contributed by atoms with van der Waals surface area (Å²) < 4.78 is 5.86. The Bertz CT molecular complexity index is 788. The molecule has 0 radical (unpaired) electrons. The minimum atomic E-state index is -1.05. The van der Waals surface area contributed by atoms with Gasteiger partial charge in [0.15, 0.2) is 0 Å². The molecule has 0 bridgehead atoms. The number of benzene rings is 2. The third-order valence-corrected chi connectivity index (χ3v) is 5.87. The van der Waals surface area contributed by atoms with E-state index in [1.165, 1.54) is 29.5 Å². The molecule has 4 nitrogen and oxygen atoms in total. The van der Waals surface area contributed by atoms with Crippen molar-refractivity contribution >= 4 is 11.6 Å². The van der Waals surface area contributed by atoms with E-state index in [0.29, 0.717) is 12.3 Å². The first-order valence-electron chi connectivity index (χ1n) is 10.5. The molecular formula is C24H31ClO4. The lowest BCUT2D eigenvalue weighted by Gasteiger charge is -2.36. The molecule has 0 spiro atoms. The zero-order valence-corrected chi connectivity index (χ0v) is 17.8. The lowest BCUT2D eigenvalue weighted by molar-refractivity contribution is -0.181. The number of rotatable bonds is 5. The summed E-state index contributed by atoms with van der Waals surface area (Å²) in [5.41, 5.74) is 4.82. The summed E-state index contributed by atoms with van der Waals surface area (Å²) in [6.45, 7) is 3.69. The topological polar surface area (TPSA) is 69.9 Å². The third-order valence-electron chi connectivity index (χ3n) is 5.61. The van der Waals surface area contributed by atoms with Gasteiger partial charge in [0.05, 0.1) is 18.8 Å². The van der Waals surface area contributed by atoms with Crippen LogP contribution in [-0.4, -0.2) is 40.2 Å². The maximum Gasteiger partial charge on any atom is 0.110 e. The minimum absolute atomic E-state index is 0.313. The minimum Gasteiger partial charge on any atom is -0.394 e. The van der Waals surface area contributed by atoms with Gasteiger partial charge in [-0.3, -0.25) is 0 Å². The number of hydrogen-bond acceptors (Lipinski definition) is 4. The molecule has 1 aliphatic carbocycles. The fourth-order valence-electron chi connectivity index (χ4n) is 3.91. The lowest BCUT2D eigenvalue weighted by atomic mass is 9.90. The van der Waals surface area contributed by atoms with Crippen molar-refractivity contribution in [1.82, 2.24) is 0 Å². The highest BCUT2D eigenvalue weighted by Crippen LogP contribution is 2.43. The summed E-state index contributed by atoms with van der Waals surface area (Å²) in [5, 5.41) is 30.3. The lowest BCUT2D eigenvalue weighted by Crippen LogP contribution is -2.47. The van der Waals surface area contributed by atoms with Crippen LogP contribution in [0.25, 0.3) is 0 Å². The van der Waals surface area contributed by atoms with Gasteiger partial charge >= 0.3 is 0 Å². The van der Waals surface area contributed by atoms with E-state index in [9.17, 15) is 15.3 Å². The molecule has 0 amide bonds. The van der Waals surface area contributed by atoms with Crippen LogP contribution in [0.3, 0.4) is 0 Å². The zero-order valence-electron chi connectivity index (χ0n) is 17.1. The van der Waals surface area contributed by atoms with Crippen molar-refractivity contribution in [3.8, 4) is 0 Å². The van der Waals surface area contributed by atoms with Gasteiger partial charge in [0.2, 0.25) is 0 Å². The molecule has 3 N–H and O–H groups in total. The first-order valence-corrected chi connectivity index (χ1v) is 10.9. The molecule has 2 fully saturated rings. The van der Waals surface area contributed by atoms with Crippen LogP contribution in [0.2, 0.25) is 5.02 Å². The molecule has 4 atom stereocenters. The van der Waals surface area contributed by atoms with Gasteiger partial charge in [-0.05, 0) is 59.6 Å². The van der Waals surface area contributed by atoms with Crippen LogP contribution in [0.4, 0.5) is 0 Å². The molecule has 1 saturated heterocycles. The molecule has 1 heterocycles. The second kappa shape index (κ2) is 10.1. The van der Waals surface area contributed by atoms with Crippen molar-refractivity contribution in [2.45, 2.75) is 69.9 Å². The van der Waals surface area contributed by atoms with Crippen molar-refractivity contribution in [2.24, 2.45) is 0 Å². The average molecular weight is 419 g/mol. The second-order valence-electron chi connectivity index (χ2n) is 7.68. The number of aliphatic hydroxyl groups is 3. The van der Waals surface area contributed by atoms with E-state index in [0.717, 1.165) is 17.0 Å². The highest BCUT2D eigenvalue weighted by Gasteiger charge is 2.37. The van der Waals surface area contributed by atoms with E-state index in [4.69, 9.17) is 16.3 Å². The average Bonchev–Trinajstić information content (AvgIpc) is 3.58. The summed E-state index contributed by atoms with van der Waals surface area (Å²) in [4.78, 5) is 0. The molecule has 4 rings (SSSR count).